The number of sulfonamides is 1. The van der Waals surface area contributed by atoms with Gasteiger partial charge in [-0.1, -0.05) is 53.7 Å². The molecule has 0 bridgehead atoms. The van der Waals surface area contributed by atoms with Gasteiger partial charge in [-0.25, -0.2) is 13.1 Å². The Kier molecular flexibility index (Phi) is 6.70. The molecule has 1 aliphatic heterocycles. The van der Waals surface area contributed by atoms with Crippen molar-refractivity contribution in [2.24, 2.45) is 0 Å². The number of rotatable bonds is 6. The Morgan fingerprint density at radius 1 is 1.00 bits per heavy atom. The SMILES string of the molecule is Nn1c(SCC(=O)N2CCN(S(=O)(=O)c3ccccc3)CC2)nnc1-c1ccccc1Cl. The first-order valence-electron chi connectivity index (χ1n) is 9.79. The molecule has 168 valence electrons. The minimum Gasteiger partial charge on any atom is -0.339 e. The predicted molar refractivity (Wildman–Crippen MR) is 123 cm³/mol. The van der Waals surface area contributed by atoms with E-state index in [1.54, 1.807) is 47.4 Å². The summed E-state index contributed by atoms with van der Waals surface area (Å²) in [5.74, 6) is 6.51. The lowest BCUT2D eigenvalue weighted by molar-refractivity contribution is -0.129. The molecule has 0 unspecified atom stereocenters. The number of nitrogens with zero attached hydrogens (tertiary/aromatic N) is 5. The molecule has 4 rings (SSSR count). The van der Waals surface area contributed by atoms with Crippen LogP contribution in [0.4, 0.5) is 0 Å². The highest BCUT2D eigenvalue weighted by Crippen LogP contribution is 2.27. The number of carbonyl (C=O) groups excluding carboxylic acids is 1. The average Bonchev–Trinajstić information content (AvgIpc) is 3.18. The van der Waals surface area contributed by atoms with Crippen molar-refractivity contribution in [3.05, 3.63) is 59.6 Å². The third kappa shape index (κ3) is 4.60. The predicted octanol–water partition coefficient (Wildman–Crippen LogP) is 1.94. The van der Waals surface area contributed by atoms with Gasteiger partial charge in [0, 0.05) is 31.7 Å². The molecule has 0 atom stereocenters. The van der Waals surface area contributed by atoms with Gasteiger partial charge in [-0.2, -0.15) is 4.31 Å². The zero-order valence-corrected chi connectivity index (χ0v) is 19.4. The quantitative estimate of drug-likeness (QED) is 0.413. The van der Waals surface area contributed by atoms with Crippen LogP contribution in [-0.4, -0.2) is 70.3 Å². The molecule has 2 heterocycles. The third-order valence-corrected chi connectivity index (χ3v) is 8.25. The summed E-state index contributed by atoms with van der Waals surface area (Å²) in [6.07, 6.45) is 0. The van der Waals surface area contributed by atoms with E-state index in [1.807, 2.05) is 12.1 Å². The maximum atomic E-state index is 12.7. The van der Waals surface area contributed by atoms with Crippen molar-refractivity contribution in [2.45, 2.75) is 10.1 Å². The molecule has 1 fully saturated rings. The molecule has 12 heteroatoms. The van der Waals surface area contributed by atoms with Crippen molar-refractivity contribution in [1.29, 1.82) is 0 Å². The van der Waals surface area contributed by atoms with Gasteiger partial charge in [0.25, 0.3) is 0 Å². The van der Waals surface area contributed by atoms with Gasteiger partial charge in [0.2, 0.25) is 21.1 Å². The number of aromatic nitrogens is 3. The van der Waals surface area contributed by atoms with Crippen molar-refractivity contribution < 1.29 is 13.2 Å². The van der Waals surface area contributed by atoms with E-state index in [0.29, 0.717) is 34.7 Å². The summed E-state index contributed by atoms with van der Waals surface area (Å²) in [6.45, 7) is 1.14. The lowest BCUT2D eigenvalue weighted by atomic mass is 10.2. The van der Waals surface area contributed by atoms with Gasteiger partial charge in [-0.3, -0.25) is 4.79 Å². The Balaban J connectivity index is 1.34. The number of benzene rings is 2. The van der Waals surface area contributed by atoms with E-state index in [9.17, 15) is 13.2 Å². The number of thioether (sulfide) groups is 1. The highest BCUT2D eigenvalue weighted by atomic mass is 35.5. The molecule has 2 aromatic carbocycles. The summed E-state index contributed by atoms with van der Waals surface area (Å²) in [5, 5.41) is 9.04. The van der Waals surface area contributed by atoms with Crippen molar-refractivity contribution >= 4 is 39.3 Å². The molecule has 1 aromatic heterocycles. The minimum absolute atomic E-state index is 0.114. The highest BCUT2D eigenvalue weighted by molar-refractivity contribution is 7.99. The molecule has 1 amide bonds. The van der Waals surface area contributed by atoms with E-state index in [0.717, 1.165) is 0 Å². The molecular formula is C20H21ClN6O3S2. The maximum absolute atomic E-state index is 12.7. The largest absolute Gasteiger partial charge is 0.339 e. The van der Waals surface area contributed by atoms with Gasteiger partial charge in [-0.15, -0.1) is 10.2 Å². The topological polar surface area (TPSA) is 114 Å². The van der Waals surface area contributed by atoms with Crippen molar-refractivity contribution in [2.75, 3.05) is 37.8 Å². The molecule has 1 saturated heterocycles. The first-order chi connectivity index (χ1) is 15.4. The van der Waals surface area contributed by atoms with Crippen molar-refractivity contribution in [1.82, 2.24) is 24.1 Å². The normalized spacial score (nSPS) is 15.1. The van der Waals surface area contributed by atoms with Crippen LogP contribution in [0, 0.1) is 0 Å². The number of hydrogen-bond donors (Lipinski definition) is 1. The third-order valence-electron chi connectivity index (χ3n) is 5.08. The number of nitrogens with two attached hydrogens (primary N) is 1. The summed E-state index contributed by atoms with van der Waals surface area (Å²) in [6, 6.07) is 15.5. The summed E-state index contributed by atoms with van der Waals surface area (Å²) in [4.78, 5) is 14.6. The van der Waals surface area contributed by atoms with Crippen LogP contribution in [0.25, 0.3) is 11.4 Å². The van der Waals surface area contributed by atoms with Crippen LogP contribution in [0.5, 0.6) is 0 Å². The van der Waals surface area contributed by atoms with Crippen LogP contribution in [0.1, 0.15) is 0 Å². The van der Waals surface area contributed by atoms with Gasteiger partial charge in [0.05, 0.1) is 15.7 Å². The van der Waals surface area contributed by atoms with Gasteiger partial charge in [0.1, 0.15) is 0 Å². The molecule has 9 nitrogen and oxygen atoms in total. The van der Waals surface area contributed by atoms with E-state index in [1.165, 1.54) is 20.7 Å². The van der Waals surface area contributed by atoms with Gasteiger partial charge in [0.15, 0.2) is 5.82 Å². The summed E-state index contributed by atoms with van der Waals surface area (Å²) in [7, 11) is -3.56. The van der Waals surface area contributed by atoms with E-state index in [-0.39, 0.29) is 29.6 Å². The second-order valence-corrected chi connectivity index (χ2v) is 10.3. The molecular weight excluding hydrogens is 472 g/mol. The number of carbonyl (C=O) groups is 1. The number of hydrogen-bond acceptors (Lipinski definition) is 7. The van der Waals surface area contributed by atoms with E-state index in [2.05, 4.69) is 10.2 Å². The summed E-state index contributed by atoms with van der Waals surface area (Å²) in [5.41, 5.74) is 0.651. The van der Waals surface area contributed by atoms with Gasteiger partial charge >= 0.3 is 0 Å². The molecule has 1 aliphatic rings. The maximum Gasteiger partial charge on any atom is 0.243 e. The van der Waals surface area contributed by atoms with E-state index < -0.39 is 10.0 Å². The minimum atomic E-state index is -3.56. The number of halogens is 1. The van der Waals surface area contributed by atoms with Gasteiger partial charge in [-0.05, 0) is 24.3 Å². The van der Waals surface area contributed by atoms with Gasteiger partial charge < -0.3 is 10.7 Å². The summed E-state index contributed by atoms with van der Waals surface area (Å²) >= 11 is 7.37. The molecule has 0 spiro atoms. The Morgan fingerprint density at radius 3 is 2.34 bits per heavy atom. The highest BCUT2D eigenvalue weighted by Gasteiger charge is 2.30. The van der Waals surface area contributed by atoms with Crippen molar-refractivity contribution in [3.8, 4) is 11.4 Å². The molecule has 2 N–H and O–H groups in total. The summed E-state index contributed by atoms with van der Waals surface area (Å²) < 4.78 is 28.2. The van der Waals surface area contributed by atoms with Crippen LogP contribution in [-0.2, 0) is 14.8 Å². The van der Waals surface area contributed by atoms with Crippen molar-refractivity contribution in [3.63, 3.8) is 0 Å². The Bertz CT molecular complexity index is 1210. The van der Waals surface area contributed by atoms with E-state index >= 15 is 0 Å². The Hall–Kier alpha value is -2.60. The second-order valence-electron chi connectivity index (χ2n) is 7.04. The molecule has 0 saturated carbocycles. The first-order valence-corrected chi connectivity index (χ1v) is 12.6. The van der Waals surface area contributed by atoms with Crippen LogP contribution >= 0.6 is 23.4 Å². The second kappa shape index (κ2) is 9.49. The smallest absolute Gasteiger partial charge is 0.243 e. The molecule has 3 aromatic rings. The van der Waals surface area contributed by atoms with Crippen LogP contribution < -0.4 is 5.84 Å². The zero-order valence-electron chi connectivity index (χ0n) is 17.0. The fourth-order valence-corrected chi connectivity index (χ4v) is 5.76. The first kappa shape index (κ1) is 22.6. The standard InChI is InChI=1S/C20H21ClN6O3S2/c21-17-9-5-4-8-16(17)19-23-24-20(27(19)22)31-14-18(28)25-10-12-26(13-11-25)32(29,30)15-6-2-1-3-7-15/h1-9H,10-14,22H2. The molecule has 0 aliphatic carbocycles. The number of piperazine rings is 1. The average molecular weight is 493 g/mol. The fraction of sp³-hybridized carbons (Fsp3) is 0.250. The number of nitrogen functional groups attached to an aromatic ring is 1. The van der Waals surface area contributed by atoms with Crippen LogP contribution in [0.2, 0.25) is 5.02 Å². The Labute approximate surface area is 195 Å². The molecule has 0 radical (unpaired) electrons. The van der Waals surface area contributed by atoms with Crippen LogP contribution in [0.15, 0.2) is 64.6 Å². The lowest BCUT2D eigenvalue weighted by Gasteiger charge is -2.34. The lowest BCUT2D eigenvalue weighted by Crippen LogP contribution is -2.50. The van der Waals surface area contributed by atoms with E-state index in [4.69, 9.17) is 17.4 Å². The monoisotopic (exact) mass is 492 g/mol. The van der Waals surface area contributed by atoms with Crippen LogP contribution in [0.3, 0.4) is 0 Å². The molecule has 32 heavy (non-hydrogen) atoms. The fourth-order valence-electron chi connectivity index (χ4n) is 3.34. The Morgan fingerprint density at radius 2 is 1.66 bits per heavy atom. The number of amides is 1. The zero-order chi connectivity index (χ0) is 22.7.